The van der Waals surface area contributed by atoms with Crippen LogP contribution < -0.4 is 0 Å². The number of amides is 3. The zero-order valence-corrected chi connectivity index (χ0v) is 23.7. The summed E-state index contributed by atoms with van der Waals surface area (Å²) in [6, 6.07) is 13.1. The lowest BCUT2D eigenvalue weighted by atomic mass is 9.89. The van der Waals surface area contributed by atoms with Crippen LogP contribution in [-0.2, 0) is 42.4 Å². The number of benzene rings is 2. The fourth-order valence-electron chi connectivity index (χ4n) is 5.95. The number of carbonyl (C=O) groups excluding carboxylic acids is 4. The maximum Gasteiger partial charge on any atom is 0.418 e. The van der Waals surface area contributed by atoms with Crippen LogP contribution >= 0.6 is 0 Å². The van der Waals surface area contributed by atoms with Gasteiger partial charge in [-0.15, -0.1) is 0 Å². The van der Waals surface area contributed by atoms with Crippen molar-refractivity contribution in [1.82, 2.24) is 9.80 Å². The third-order valence-electron chi connectivity index (χ3n) is 7.92. The number of esters is 1. The molecule has 3 amide bonds. The van der Waals surface area contributed by atoms with Gasteiger partial charge in [0.1, 0.15) is 18.0 Å². The molecule has 1 aliphatic heterocycles. The Morgan fingerprint density at radius 3 is 2.44 bits per heavy atom. The lowest BCUT2D eigenvalue weighted by molar-refractivity contribution is -0.148. The number of aryl methyl sites for hydroxylation is 1. The highest BCUT2D eigenvalue weighted by Crippen LogP contribution is 2.45. The molecule has 1 saturated carbocycles. The van der Waals surface area contributed by atoms with Crippen molar-refractivity contribution >= 4 is 23.9 Å². The van der Waals surface area contributed by atoms with Crippen molar-refractivity contribution in [2.45, 2.75) is 83.1 Å². The highest BCUT2D eigenvalue weighted by Gasteiger charge is 2.58. The minimum absolute atomic E-state index is 0.194. The van der Waals surface area contributed by atoms with Gasteiger partial charge in [-0.05, 0) is 76.1 Å². The molecule has 2 aliphatic carbocycles. The Kier molecular flexibility index (Phi) is 7.72. The van der Waals surface area contributed by atoms with Crippen molar-refractivity contribution in [1.29, 1.82) is 0 Å². The monoisotopic (exact) mass is 562 g/mol. The number of allylic oxidation sites excluding steroid dienone is 1. The molecule has 1 unspecified atom stereocenters. The summed E-state index contributed by atoms with van der Waals surface area (Å²) in [4.78, 5) is 55.2. The second kappa shape index (κ2) is 11.1. The summed E-state index contributed by atoms with van der Waals surface area (Å²) in [6.45, 7) is 5.19. The maximum absolute atomic E-state index is 13.8. The average molecular weight is 563 g/mol. The van der Waals surface area contributed by atoms with Crippen molar-refractivity contribution in [2.75, 3.05) is 6.54 Å². The van der Waals surface area contributed by atoms with E-state index >= 15 is 0 Å². The number of halogens is 1. The van der Waals surface area contributed by atoms with Gasteiger partial charge in [0.15, 0.2) is 0 Å². The Bertz CT molecular complexity index is 1390. The van der Waals surface area contributed by atoms with Gasteiger partial charge in [0, 0.05) is 30.6 Å². The smallest absolute Gasteiger partial charge is 0.418 e. The van der Waals surface area contributed by atoms with Crippen LogP contribution in [0.25, 0.3) is 0 Å². The molecule has 1 heterocycles. The largest absolute Gasteiger partial charge is 0.457 e. The van der Waals surface area contributed by atoms with Gasteiger partial charge in [0.05, 0.1) is 0 Å². The van der Waals surface area contributed by atoms with Crippen LogP contribution in [-0.4, -0.2) is 51.9 Å². The highest BCUT2D eigenvalue weighted by atomic mass is 19.1. The molecule has 216 valence electrons. The molecule has 3 aliphatic rings. The lowest BCUT2D eigenvalue weighted by Gasteiger charge is -2.36. The first-order chi connectivity index (χ1) is 19.4. The number of hydrogen-bond acceptors (Lipinski definition) is 6. The molecule has 2 aromatic rings. The van der Waals surface area contributed by atoms with E-state index in [0.717, 1.165) is 21.6 Å². The fraction of sp³-hybridized carbons (Fsp3) is 0.438. The standard InChI is InChI=1S/C32H35FN2O6/c1-31(2,3)40-28(37)18-21-10-14-25(15-11-21)34(19-22-8-12-24(33)13-9-22)27(36)20-35-29(38)32(41-30(35)39)17-16-23-6-4-5-7-26(23)32/h4-9,12-13,18,25H,10-11,14-17,19-20H2,1-3H3. The molecule has 0 N–H and O–H groups in total. The minimum Gasteiger partial charge on any atom is -0.457 e. The summed E-state index contributed by atoms with van der Waals surface area (Å²) < 4.78 is 24.7. The first-order valence-electron chi connectivity index (χ1n) is 14.0. The van der Waals surface area contributed by atoms with E-state index in [1.165, 1.54) is 18.2 Å². The number of carbonyl (C=O) groups is 4. The van der Waals surface area contributed by atoms with Gasteiger partial charge in [0.2, 0.25) is 11.5 Å². The lowest BCUT2D eigenvalue weighted by Crippen LogP contribution is -2.48. The molecule has 2 fully saturated rings. The summed E-state index contributed by atoms with van der Waals surface area (Å²) in [7, 11) is 0. The van der Waals surface area contributed by atoms with Crippen LogP contribution in [0.2, 0.25) is 0 Å². The molecule has 2 aromatic carbocycles. The van der Waals surface area contributed by atoms with Gasteiger partial charge in [-0.1, -0.05) is 42.0 Å². The van der Waals surface area contributed by atoms with Crippen LogP contribution in [0.3, 0.4) is 0 Å². The summed E-state index contributed by atoms with van der Waals surface area (Å²) in [5.74, 6) is -1.69. The maximum atomic E-state index is 13.8. The third kappa shape index (κ3) is 6.04. The van der Waals surface area contributed by atoms with Crippen molar-refractivity contribution in [3.63, 3.8) is 0 Å². The molecule has 41 heavy (non-hydrogen) atoms. The second-order valence-corrected chi connectivity index (χ2v) is 12.0. The second-order valence-electron chi connectivity index (χ2n) is 12.0. The molecular formula is C32H35FN2O6. The highest BCUT2D eigenvalue weighted by molar-refractivity contribution is 6.06. The van der Waals surface area contributed by atoms with Crippen molar-refractivity contribution in [3.05, 3.63) is 82.7 Å². The molecule has 1 spiro atoms. The molecule has 5 rings (SSSR count). The van der Waals surface area contributed by atoms with Gasteiger partial charge < -0.3 is 14.4 Å². The number of ether oxygens (including phenoxy) is 2. The van der Waals surface area contributed by atoms with Crippen LogP contribution in [0.4, 0.5) is 9.18 Å². The molecule has 1 atom stereocenters. The number of hydrogen-bond donors (Lipinski definition) is 0. The molecule has 0 bridgehead atoms. The van der Waals surface area contributed by atoms with Gasteiger partial charge >= 0.3 is 12.1 Å². The Labute approximate surface area is 239 Å². The van der Waals surface area contributed by atoms with Gasteiger partial charge in [0.25, 0.3) is 5.91 Å². The van der Waals surface area contributed by atoms with E-state index in [2.05, 4.69) is 0 Å². The Morgan fingerprint density at radius 1 is 1.07 bits per heavy atom. The molecule has 0 aromatic heterocycles. The van der Waals surface area contributed by atoms with Crippen LogP contribution in [0.1, 0.15) is 69.6 Å². The summed E-state index contributed by atoms with van der Waals surface area (Å²) in [5, 5.41) is 0. The number of nitrogens with zero attached hydrogens (tertiary/aromatic N) is 2. The van der Waals surface area contributed by atoms with E-state index in [9.17, 15) is 23.6 Å². The Balaban J connectivity index is 1.32. The van der Waals surface area contributed by atoms with E-state index in [1.54, 1.807) is 29.2 Å². The molecular weight excluding hydrogens is 527 g/mol. The van der Waals surface area contributed by atoms with Crippen LogP contribution in [0.15, 0.2) is 60.2 Å². The fourth-order valence-corrected chi connectivity index (χ4v) is 5.95. The van der Waals surface area contributed by atoms with E-state index in [1.807, 2.05) is 32.9 Å². The van der Waals surface area contributed by atoms with Gasteiger partial charge in [-0.2, -0.15) is 0 Å². The van der Waals surface area contributed by atoms with Crippen LogP contribution in [0.5, 0.6) is 0 Å². The van der Waals surface area contributed by atoms with Gasteiger partial charge in [-0.3, -0.25) is 9.59 Å². The average Bonchev–Trinajstić information content (AvgIpc) is 3.40. The predicted molar refractivity (Wildman–Crippen MR) is 148 cm³/mol. The number of fused-ring (bicyclic) bond motifs is 2. The molecule has 9 heteroatoms. The summed E-state index contributed by atoms with van der Waals surface area (Å²) >= 11 is 0. The molecule has 1 saturated heterocycles. The van der Waals surface area contributed by atoms with E-state index in [4.69, 9.17) is 9.47 Å². The Hall–Kier alpha value is -4.01. The minimum atomic E-state index is -1.39. The zero-order valence-electron chi connectivity index (χ0n) is 23.7. The number of imide groups is 1. The Morgan fingerprint density at radius 2 is 1.76 bits per heavy atom. The zero-order chi connectivity index (χ0) is 29.4. The van der Waals surface area contributed by atoms with Gasteiger partial charge in [-0.25, -0.2) is 18.9 Å². The summed E-state index contributed by atoms with van der Waals surface area (Å²) in [6.07, 6.45) is 4.04. The third-order valence-corrected chi connectivity index (χ3v) is 7.92. The predicted octanol–water partition coefficient (Wildman–Crippen LogP) is 5.19. The van der Waals surface area contributed by atoms with Crippen molar-refractivity contribution in [3.8, 4) is 0 Å². The topological polar surface area (TPSA) is 93.2 Å². The van der Waals surface area contributed by atoms with Crippen molar-refractivity contribution < 1.29 is 33.0 Å². The van der Waals surface area contributed by atoms with E-state index < -0.39 is 41.6 Å². The quantitative estimate of drug-likeness (QED) is 0.356. The number of rotatable bonds is 6. The van der Waals surface area contributed by atoms with Crippen LogP contribution in [0, 0.1) is 5.82 Å². The molecule has 8 nitrogen and oxygen atoms in total. The van der Waals surface area contributed by atoms with Crippen molar-refractivity contribution in [2.24, 2.45) is 0 Å². The normalized spacial score (nSPS) is 22.0. The first kappa shape index (κ1) is 28.5. The summed E-state index contributed by atoms with van der Waals surface area (Å²) in [5.41, 5.74) is 1.33. The first-order valence-corrected chi connectivity index (χ1v) is 14.0. The SMILES string of the molecule is CC(C)(C)OC(=O)C=C1CCC(N(Cc2ccc(F)cc2)C(=O)CN2C(=O)OC3(CCc4ccccc43)C2=O)CC1. The van der Waals surface area contributed by atoms with E-state index in [-0.39, 0.29) is 18.4 Å². The molecule has 0 radical (unpaired) electrons. The van der Waals surface area contributed by atoms with E-state index in [0.29, 0.717) is 44.1 Å².